The first-order valence-corrected chi connectivity index (χ1v) is 8.78. The Morgan fingerprint density at radius 2 is 2.08 bits per heavy atom. The van der Waals surface area contributed by atoms with Gasteiger partial charge in [-0.05, 0) is 31.9 Å². The summed E-state index contributed by atoms with van der Waals surface area (Å²) in [5.41, 5.74) is 1.80. The molecule has 0 N–H and O–H groups in total. The van der Waals surface area contributed by atoms with Crippen molar-refractivity contribution in [3.05, 3.63) is 47.1 Å². The highest BCUT2D eigenvalue weighted by Crippen LogP contribution is 2.31. The SMILES string of the molecule is Cc1cccc(C(=O)N(C)CCc2noc(C3CCCCC3)n2)c1. The largest absolute Gasteiger partial charge is 0.341 e. The summed E-state index contributed by atoms with van der Waals surface area (Å²) in [7, 11) is 1.81. The van der Waals surface area contributed by atoms with Crippen LogP contribution in [-0.4, -0.2) is 34.5 Å². The summed E-state index contributed by atoms with van der Waals surface area (Å²) in [5.74, 6) is 1.91. The third-order valence-electron chi connectivity index (χ3n) is 4.72. The Labute approximate surface area is 143 Å². The Bertz CT molecular complexity index is 689. The molecule has 1 aliphatic rings. The zero-order valence-electron chi connectivity index (χ0n) is 14.5. The number of carbonyl (C=O) groups is 1. The number of amides is 1. The van der Waals surface area contributed by atoms with Gasteiger partial charge in [0.1, 0.15) is 0 Å². The smallest absolute Gasteiger partial charge is 0.253 e. The quantitative estimate of drug-likeness (QED) is 0.839. The molecule has 3 rings (SSSR count). The number of hydrogen-bond donors (Lipinski definition) is 0. The second kappa shape index (κ2) is 7.60. The summed E-state index contributed by atoms with van der Waals surface area (Å²) in [6.45, 7) is 2.57. The molecule has 1 aromatic heterocycles. The van der Waals surface area contributed by atoms with E-state index in [2.05, 4.69) is 10.1 Å². The summed E-state index contributed by atoms with van der Waals surface area (Å²) in [6.07, 6.45) is 6.71. The topological polar surface area (TPSA) is 59.2 Å². The van der Waals surface area contributed by atoms with Gasteiger partial charge in [0.25, 0.3) is 5.91 Å². The predicted octanol–water partition coefficient (Wildman–Crippen LogP) is 3.74. The summed E-state index contributed by atoms with van der Waals surface area (Å²) in [6, 6.07) is 7.66. The van der Waals surface area contributed by atoms with E-state index in [4.69, 9.17) is 4.52 Å². The van der Waals surface area contributed by atoms with Gasteiger partial charge in [-0.3, -0.25) is 4.79 Å². The maximum absolute atomic E-state index is 12.4. The normalized spacial score (nSPS) is 15.4. The van der Waals surface area contributed by atoms with Crippen LogP contribution in [0.3, 0.4) is 0 Å². The van der Waals surface area contributed by atoms with Crippen molar-refractivity contribution >= 4 is 5.91 Å². The van der Waals surface area contributed by atoms with Gasteiger partial charge in [-0.15, -0.1) is 0 Å². The number of carbonyl (C=O) groups excluding carboxylic acids is 1. The van der Waals surface area contributed by atoms with Crippen LogP contribution in [0.15, 0.2) is 28.8 Å². The van der Waals surface area contributed by atoms with Gasteiger partial charge in [-0.25, -0.2) is 0 Å². The number of nitrogens with zero attached hydrogens (tertiary/aromatic N) is 3. The maximum Gasteiger partial charge on any atom is 0.253 e. The molecule has 0 aliphatic heterocycles. The molecule has 0 unspecified atom stereocenters. The number of rotatable bonds is 5. The molecule has 1 aromatic carbocycles. The third-order valence-corrected chi connectivity index (χ3v) is 4.72. The van der Waals surface area contributed by atoms with E-state index in [1.807, 2.05) is 38.2 Å². The van der Waals surface area contributed by atoms with Crippen LogP contribution in [0.1, 0.15) is 65.7 Å². The highest BCUT2D eigenvalue weighted by Gasteiger charge is 2.21. The maximum atomic E-state index is 12.4. The molecule has 2 aromatic rings. The molecule has 0 spiro atoms. The molecule has 0 saturated heterocycles. The molecule has 24 heavy (non-hydrogen) atoms. The van der Waals surface area contributed by atoms with Gasteiger partial charge in [-0.1, -0.05) is 42.1 Å². The van der Waals surface area contributed by atoms with Crippen LogP contribution in [0.4, 0.5) is 0 Å². The minimum Gasteiger partial charge on any atom is -0.341 e. The van der Waals surface area contributed by atoms with E-state index in [9.17, 15) is 4.79 Å². The van der Waals surface area contributed by atoms with Crippen molar-refractivity contribution in [3.8, 4) is 0 Å². The van der Waals surface area contributed by atoms with Gasteiger partial charge in [0.05, 0.1) is 0 Å². The van der Waals surface area contributed by atoms with Gasteiger partial charge in [0.15, 0.2) is 5.82 Å². The first-order valence-electron chi connectivity index (χ1n) is 8.78. The van der Waals surface area contributed by atoms with E-state index >= 15 is 0 Å². The summed E-state index contributed by atoms with van der Waals surface area (Å²) >= 11 is 0. The van der Waals surface area contributed by atoms with Gasteiger partial charge in [0.2, 0.25) is 5.89 Å². The van der Waals surface area contributed by atoms with E-state index in [-0.39, 0.29) is 5.91 Å². The lowest BCUT2D eigenvalue weighted by Gasteiger charge is -2.17. The van der Waals surface area contributed by atoms with Gasteiger partial charge >= 0.3 is 0 Å². The monoisotopic (exact) mass is 327 g/mol. The highest BCUT2D eigenvalue weighted by molar-refractivity contribution is 5.94. The second-order valence-electron chi connectivity index (χ2n) is 6.73. The number of hydrogen-bond acceptors (Lipinski definition) is 4. The zero-order valence-corrected chi connectivity index (χ0v) is 14.5. The van der Waals surface area contributed by atoms with Crippen molar-refractivity contribution in [2.45, 2.75) is 51.4 Å². The molecule has 1 amide bonds. The number of aromatic nitrogens is 2. The predicted molar refractivity (Wildman–Crippen MR) is 92.0 cm³/mol. The molecule has 1 heterocycles. The zero-order chi connectivity index (χ0) is 16.9. The van der Waals surface area contributed by atoms with Crippen LogP contribution in [0.25, 0.3) is 0 Å². The Hall–Kier alpha value is -2.17. The van der Waals surface area contributed by atoms with E-state index in [1.54, 1.807) is 4.90 Å². The highest BCUT2D eigenvalue weighted by atomic mass is 16.5. The Morgan fingerprint density at radius 3 is 2.83 bits per heavy atom. The first-order chi connectivity index (χ1) is 11.6. The molecule has 128 valence electrons. The average Bonchev–Trinajstić information content (AvgIpc) is 3.09. The summed E-state index contributed by atoms with van der Waals surface area (Å²) in [4.78, 5) is 18.7. The molecular weight excluding hydrogens is 302 g/mol. The van der Waals surface area contributed by atoms with Gasteiger partial charge in [0, 0.05) is 31.5 Å². The van der Waals surface area contributed by atoms with Crippen LogP contribution in [-0.2, 0) is 6.42 Å². The fourth-order valence-electron chi connectivity index (χ4n) is 3.25. The molecular formula is C19H25N3O2. The minimum atomic E-state index is 0.0229. The Morgan fingerprint density at radius 1 is 1.29 bits per heavy atom. The molecule has 0 atom stereocenters. The molecule has 5 heteroatoms. The van der Waals surface area contributed by atoms with Gasteiger partial charge in [-0.2, -0.15) is 4.98 Å². The van der Waals surface area contributed by atoms with Crippen LogP contribution >= 0.6 is 0 Å². The van der Waals surface area contributed by atoms with E-state index < -0.39 is 0 Å². The van der Waals surface area contributed by atoms with Crippen molar-refractivity contribution in [1.29, 1.82) is 0 Å². The molecule has 1 fully saturated rings. The lowest BCUT2D eigenvalue weighted by molar-refractivity contribution is 0.0795. The summed E-state index contributed by atoms with van der Waals surface area (Å²) < 4.78 is 5.43. The Balaban J connectivity index is 1.55. The van der Waals surface area contributed by atoms with Crippen LogP contribution < -0.4 is 0 Å². The van der Waals surface area contributed by atoms with Crippen molar-refractivity contribution < 1.29 is 9.32 Å². The molecule has 1 saturated carbocycles. The molecule has 5 nitrogen and oxygen atoms in total. The molecule has 0 bridgehead atoms. The van der Waals surface area contributed by atoms with E-state index in [1.165, 1.54) is 19.3 Å². The number of benzene rings is 1. The standard InChI is InChI=1S/C19H25N3O2/c1-14-7-6-10-16(13-14)19(23)22(2)12-11-17-20-18(24-21-17)15-8-4-3-5-9-15/h6-7,10,13,15H,3-5,8-9,11-12H2,1-2H3. The lowest BCUT2D eigenvalue weighted by atomic mass is 9.89. The fourth-order valence-corrected chi connectivity index (χ4v) is 3.25. The number of aryl methyl sites for hydroxylation is 1. The van der Waals surface area contributed by atoms with Crippen molar-refractivity contribution in [2.75, 3.05) is 13.6 Å². The van der Waals surface area contributed by atoms with Crippen LogP contribution in [0.5, 0.6) is 0 Å². The van der Waals surface area contributed by atoms with Crippen molar-refractivity contribution in [3.63, 3.8) is 0 Å². The van der Waals surface area contributed by atoms with Crippen LogP contribution in [0, 0.1) is 6.92 Å². The number of likely N-dealkylation sites (N-methyl/N-ethyl adjacent to an activating group) is 1. The molecule has 0 radical (unpaired) electrons. The fraction of sp³-hybridized carbons (Fsp3) is 0.526. The van der Waals surface area contributed by atoms with E-state index in [0.717, 1.165) is 24.3 Å². The average molecular weight is 327 g/mol. The van der Waals surface area contributed by atoms with E-state index in [0.29, 0.717) is 30.3 Å². The van der Waals surface area contributed by atoms with Gasteiger partial charge < -0.3 is 9.42 Å². The van der Waals surface area contributed by atoms with Crippen molar-refractivity contribution in [2.24, 2.45) is 0 Å². The minimum absolute atomic E-state index is 0.0229. The third kappa shape index (κ3) is 4.02. The van der Waals surface area contributed by atoms with Crippen molar-refractivity contribution in [1.82, 2.24) is 15.0 Å². The lowest BCUT2D eigenvalue weighted by Crippen LogP contribution is -2.29. The first kappa shape index (κ1) is 16.7. The molecule has 1 aliphatic carbocycles. The van der Waals surface area contributed by atoms with Crippen LogP contribution in [0.2, 0.25) is 0 Å². The summed E-state index contributed by atoms with van der Waals surface area (Å²) in [5, 5.41) is 4.09. The second-order valence-corrected chi connectivity index (χ2v) is 6.73. The Kier molecular flexibility index (Phi) is 5.28.